The number of amides is 1. The van der Waals surface area contributed by atoms with Crippen molar-refractivity contribution in [2.75, 3.05) is 31.1 Å². The average Bonchev–Trinajstić information content (AvgIpc) is 2.54. The van der Waals surface area contributed by atoms with Crippen LogP contribution in [0.5, 0.6) is 0 Å². The maximum Gasteiger partial charge on any atom is 0.407 e. The molecule has 1 fully saturated rings. The van der Waals surface area contributed by atoms with Crippen molar-refractivity contribution in [3.8, 4) is 6.07 Å². The molecule has 2 N–H and O–H groups in total. The molecule has 1 amide bonds. The molecule has 0 radical (unpaired) electrons. The number of hydrogen-bond donors (Lipinski definition) is 2. The quantitative estimate of drug-likeness (QED) is 0.771. The van der Waals surface area contributed by atoms with Gasteiger partial charge in [-0.1, -0.05) is 0 Å². The van der Waals surface area contributed by atoms with E-state index in [1.807, 2.05) is 4.90 Å². The van der Waals surface area contributed by atoms with Crippen LogP contribution in [0.1, 0.15) is 17.7 Å². The highest BCUT2D eigenvalue weighted by molar-refractivity contribution is 6.28. The standard InChI is InChI=1S/C14H17ClN6O2/c15-13-18-11-7-17-4-2-10(11)12(19-13)20-5-6-21(14(22)23)9(8-20)1-3-16/h9,17H,1-2,4-8H2,(H,22,23). The van der Waals surface area contributed by atoms with E-state index in [4.69, 9.17) is 16.9 Å². The smallest absolute Gasteiger partial charge is 0.407 e. The van der Waals surface area contributed by atoms with E-state index in [2.05, 4.69) is 21.4 Å². The van der Waals surface area contributed by atoms with E-state index in [0.717, 1.165) is 30.0 Å². The number of anilines is 1. The van der Waals surface area contributed by atoms with Gasteiger partial charge in [0.25, 0.3) is 0 Å². The van der Waals surface area contributed by atoms with Gasteiger partial charge in [-0.15, -0.1) is 0 Å². The molecular weight excluding hydrogens is 320 g/mol. The summed E-state index contributed by atoms with van der Waals surface area (Å²) >= 11 is 6.04. The van der Waals surface area contributed by atoms with E-state index >= 15 is 0 Å². The molecular formula is C14H17ClN6O2. The second-order valence-corrected chi connectivity index (χ2v) is 5.94. The fourth-order valence-electron chi connectivity index (χ4n) is 3.15. The van der Waals surface area contributed by atoms with Crippen LogP contribution in [0.25, 0.3) is 0 Å². The molecule has 3 heterocycles. The summed E-state index contributed by atoms with van der Waals surface area (Å²) in [5, 5.41) is 21.7. The predicted molar refractivity (Wildman–Crippen MR) is 83.4 cm³/mol. The third kappa shape index (κ3) is 3.16. The number of hydrogen-bond acceptors (Lipinski definition) is 6. The first kappa shape index (κ1) is 15.8. The molecule has 2 aliphatic rings. The van der Waals surface area contributed by atoms with Crippen molar-refractivity contribution in [2.45, 2.75) is 25.4 Å². The van der Waals surface area contributed by atoms with Crippen molar-refractivity contribution in [2.24, 2.45) is 0 Å². The molecule has 0 aromatic carbocycles. The Bertz CT molecular complexity index is 661. The molecule has 0 aliphatic carbocycles. The molecule has 1 atom stereocenters. The van der Waals surface area contributed by atoms with Crippen molar-refractivity contribution in [1.82, 2.24) is 20.2 Å². The van der Waals surface area contributed by atoms with Crippen molar-refractivity contribution in [3.63, 3.8) is 0 Å². The molecule has 2 aliphatic heterocycles. The van der Waals surface area contributed by atoms with Gasteiger partial charge in [-0.2, -0.15) is 5.26 Å². The maximum absolute atomic E-state index is 11.3. The largest absolute Gasteiger partial charge is 0.465 e. The summed E-state index contributed by atoms with van der Waals surface area (Å²) in [6, 6.07) is 1.70. The van der Waals surface area contributed by atoms with Crippen molar-refractivity contribution < 1.29 is 9.90 Å². The topological polar surface area (TPSA) is 105 Å². The van der Waals surface area contributed by atoms with E-state index in [9.17, 15) is 9.90 Å². The summed E-state index contributed by atoms with van der Waals surface area (Å²) in [5.41, 5.74) is 1.95. The van der Waals surface area contributed by atoms with Crippen LogP contribution in [-0.4, -0.2) is 58.3 Å². The second kappa shape index (κ2) is 6.56. The van der Waals surface area contributed by atoms with Crippen molar-refractivity contribution >= 4 is 23.5 Å². The summed E-state index contributed by atoms with van der Waals surface area (Å²) in [6.07, 6.45) is -0.0215. The Balaban J connectivity index is 1.89. The molecule has 1 aromatic heterocycles. The minimum absolute atomic E-state index is 0.158. The van der Waals surface area contributed by atoms with Crippen LogP contribution in [0, 0.1) is 11.3 Å². The molecule has 0 bridgehead atoms. The molecule has 8 nitrogen and oxygen atoms in total. The van der Waals surface area contributed by atoms with Gasteiger partial charge in [-0.25, -0.2) is 14.8 Å². The zero-order chi connectivity index (χ0) is 16.4. The predicted octanol–water partition coefficient (Wildman–Crippen LogP) is 0.858. The van der Waals surface area contributed by atoms with Crippen molar-refractivity contribution in [3.05, 3.63) is 16.5 Å². The van der Waals surface area contributed by atoms with Crippen LogP contribution in [0.3, 0.4) is 0 Å². The molecule has 1 saturated heterocycles. The molecule has 3 rings (SSSR count). The fraction of sp³-hybridized carbons (Fsp3) is 0.571. The Hall–Kier alpha value is -2.11. The zero-order valence-electron chi connectivity index (χ0n) is 12.5. The SMILES string of the molecule is N#CCC1CN(c2nc(Cl)nc3c2CCNC3)CCN1C(=O)O. The number of fused-ring (bicyclic) bond motifs is 1. The van der Waals surface area contributed by atoms with Gasteiger partial charge in [0.1, 0.15) is 5.82 Å². The Labute approximate surface area is 138 Å². The molecule has 0 saturated carbocycles. The molecule has 1 aromatic rings. The maximum atomic E-state index is 11.3. The average molecular weight is 337 g/mol. The molecule has 9 heteroatoms. The lowest BCUT2D eigenvalue weighted by atomic mass is 10.0. The lowest BCUT2D eigenvalue weighted by Gasteiger charge is -2.40. The number of halogens is 1. The van der Waals surface area contributed by atoms with Gasteiger partial charge in [0.2, 0.25) is 5.28 Å². The number of carbonyl (C=O) groups is 1. The van der Waals surface area contributed by atoms with E-state index in [0.29, 0.717) is 26.2 Å². The number of carboxylic acid groups (broad SMARTS) is 1. The van der Waals surface area contributed by atoms with Gasteiger partial charge in [0.15, 0.2) is 0 Å². The number of nitrogens with zero attached hydrogens (tertiary/aromatic N) is 5. The van der Waals surface area contributed by atoms with Crippen LogP contribution in [-0.2, 0) is 13.0 Å². The lowest BCUT2D eigenvalue weighted by molar-refractivity contribution is 0.119. The lowest BCUT2D eigenvalue weighted by Crippen LogP contribution is -2.55. The highest BCUT2D eigenvalue weighted by Crippen LogP contribution is 2.27. The van der Waals surface area contributed by atoms with Crippen LogP contribution in [0.4, 0.5) is 10.6 Å². The molecule has 23 heavy (non-hydrogen) atoms. The Morgan fingerprint density at radius 3 is 3.04 bits per heavy atom. The first-order valence-electron chi connectivity index (χ1n) is 7.47. The number of piperazine rings is 1. The molecule has 0 spiro atoms. The van der Waals surface area contributed by atoms with Gasteiger partial charge in [-0.3, -0.25) is 0 Å². The monoisotopic (exact) mass is 336 g/mol. The van der Waals surface area contributed by atoms with Crippen LogP contribution < -0.4 is 10.2 Å². The summed E-state index contributed by atoms with van der Waals surface area (Å²) in [6.45, 7) is 2.81. The highest BCUT2D eigenvalue weighted by atomic mass is 35.5. The summed E-state index contributed by atoms with van der Waals surface area (Å²) < 4.78 is 0. The first-order chi connectivity index (χ1) is 11.1. The van der Waals surface area contributed by atoms with E-state index < -0.39 is 6.09 Å². The van der Waals surface area contributed by atoms with Crippen LogP contribution in [0.15, 0.2) is 0 Å². The van der Waals surface area contributed by atoms with Crippen LogP contribution >= 0.6 is 11.6 Å². The van der Waals surface area contributed by atoms with Crippen LogP contribution in [0.2, 0.25) is 5.28 Å². The Morgan fingerprint density at radius 2 is 2.30 bits per heavy atom. The number of nitrogens with one attached hydrogen (secondary N) is 1. The highest BCUT2D eigenvalue weighted by Gasteiger charge is 2.32. The van der Waals surface area contributed by atoms with E-state index in [-0.39, 0.29) is 17.7 Å². The molecule has 1 unspecified atom stereocenters. The summed E-state index contributed by atoms with van der Waals surface area (Å²) in [4.78, 5) is 23.3. The van der Waals surface area contributed by atoms with Gasteiger partial charge < -0.3 is 20.2 Å². The van der Waals surface area contributed by atoms with Gasteiger partial charge >= 0.3 is 6.09 Å². The zero-order valence-corrected chi connectivity index (χ0v) is 13.3. The van der Waals surface area contributed by atoms with Gasteiger partial charge in [-0.05, 0) is 24.6 Å². The van der Waals surface area contributed by atoms with E-state index in [1.54, 1.807) is 0 Å². The van der Waals surface area contributed by atoms with Gasteiger partial charge in [0, 0.05) is 31.7 Å². The summed E-state index contributed by atoms with van der Waals surface area (Å²) in [7, 11) is 0. The summed E-state index contributed by atoms with van der Waals surface area (Å²) in [5.74, 6) is 0.773. The second-order valence-electron chi connectivity index (χ2n) is 5.61. The number of rotatable bonds is 2. The number of nitriles is 1. The normalized spacial score (nSPS) is 20.8. The Kier molecular flexibility index (Phi) is 4.50. The molecule has 122 valence electrons. The van der Waals surface area contributed by atoms with E-state index in [1.165, 1.54) is 4.90 Å². The Morgan fingerprint density at radius 1 is 1.48 bits per heavy atom. The minimum atomic E-state index is -0.989. The third-order valence-electron chi connectivity index (χ3n) is 4.24. The minimum Gasteiger partial charge on any atom is -0.465 e. The first-order valence-corrected chi connectivity index (χ1v) is 7.85. The number of aromatic nitrogens is 2. The van der Waals surface area contributed by atoms with Gasteiger partial charge in [0.05, 0.1) is 24.2 Å². The third-order valence-corrected chi connectivity index (χ3v) is 4.41. The fourth-order valence-corrected chi connectivity index (χ4v) is 3.33. The van der Waals surface area contributed by atoms with Crippen molar-refractivity contribution in [1.29, 1.82) is 5.26 Å².